The molecule has 0 bridgehead atoms. The average molecular weight is 709 g/mol. The number of methoxy groups -OCH3 is 1. The molecule has 1 fully saturated rings. The highest BCUT2D eigenvalue weighted by Crippen LogP contribution is 2.44. The van der Waals surface area contributed by atoms with Gasteiger partial charge in [0.15, 0.2) is 16.6 Å². The second-order valence-electron chi connectivity index (χ2n) is 15.2. The maximum absolute atomic E-state index is 13.6. The van der Waals surface area contributed by atoms with Crippen LogP contribution < -0.4 is 0 Å². The van der Waals surface area contributed by atoms with Crippen LogP contribution in [0.5, 0.6) is 0 Å². The number of rotatable bonds is 15. The van der Waals surface area contributed by atoms with E-state index in [1.807, 2.05) is 0 Å². The molecular formula is C35H56O5S3Si2. The minimum atomic E-state index is -2.10. The van der Waals surface area contributed by atoms with Crippen LogP contribution in [0.1, 0.15) is 59.9 Å². The van der Waals surface area contributed by atoms with Crippen molar-refractivity contribution < 1.29 is 23.2 Å². The van der Waals surface area contributed by atoms with E-state index in [1.165, 1.54) is 22.8 Å². The van der Waals surface area contributed by atoms with Gasteiger partial charge >= 0.3 is 5.97 Å². The van der Waals surface area contributed by atoms with Crippen LogP contribution in [0.3, 0.4) is 0 Å². The second kappa shape index (κ2) is 16.0. The van der Waals surface area contributed by atoms with E-state index in [0.29, 0.717) is 12.2 Å². The zero-order valence-electron chi connectivity index (χ0n) is 29.4. The van der Waals surface area contributed by atoms with E-state index >= 15 is 0 Å². The predicted molar refractivity (Wildman–Crippen MR) is 202 cm³/mol. The Hall–Kier alpha value is -0.886. The van der Waals surface area contributed by atoms with Gasteiger partial charge in [-0.1, -0.05) is 71.9 Å². The molecule has 2 aromatic rings. The lowest BCUT2D eigenvalue weighted by atomic mass is 10.0. The number of hydrogen-bond acceptors (Lipinski definition) is 8. The predicted octanol–water partition coefficient (Wildman–Crippen LogP) is 9.77. The van der Waals surface area contributed by atoms with Crippen LogP contribution in [0.4, 0.5) is 0 Å². The van der Waals surface area contributed by atoms with Gasteiger partial charge in [-0.25, -0.2) is 0 Å². The van der Waals surface area contributed by atoms with Crippen molar-refractivity contribution in [3.8, 4) is 0 Å². The molecule has 0 N–H and O–H groups in total. The molecule has 10 heteroatoms. The summed E-state index contributed by atoms with van der Waals surface area (Å²) < 4.78 is 20.1. The van der Waals surface area contributed by atoms with Crippen molar-refractivity contribution in [3.63, 3.8) is 0 Å². The number of fused-ring (bicyclic) bond motifs is 1. The molecule has 0 amide bonds. The molecule has 1 saturated carbocycles. The third-order valence-corrected chi connectivity index (χ3v) is 22.2. The van der Waals surface area contributed by atoms with E-state index < -0.39 is 16.6 Å². The first-order valence-electron chi connectivity index (χ1n) is 16.1. The number of ether oxygens (including phenoxy) is 1. The minimum absolute atomic E-state index is 0.0101. The Bertz CT molecular complexity index is 1310. The van der Waals surface area contributed by atoms with Crippen molar-refractivity contribution in [1.29, 1.82) is 0 Å². The van der Waals surface area contributed by atoms with Crippen molar-refractivity contribution in [2.45, 2.75) is 115 Å². The Balaban J connectivity index is 1.88. The number of thiophene rings is 1. The topological polar surface area (TPSA) is 61.8 Å². The normalized spacial score (nSPS) is 20.8. The Labute approximate surface area is 287 Å². The third-order valence-electron chi connectivity index (χ3n) is 9.71. The Morgan fingerprint density at radius 3 is 2.36 bits per heavy atom. The van der Waals surface area contributed by atoms with Gasteiger partial charge in [0.05, 0.1) is 30.3 Å². The Morgan fingerprint density at radius 2 is 1.71 bits per heavy atom. The smallest absolute Gasteiger partial charge is 0.315 e. The summed E-state index contributed by atoms with van der Waals surface area (Å²) in [5.41, 5.74) is 1.32. The van der Waals surface area contributed by atoms with Gasteiger partial charge in [-0.3, -0.25) is 9.59 Å². The summed E-state index contributed by atoms with van der Waals surface area (Å²) in [4.78, 5) is 25.1. The SMILES string of the molecule is COC(=O)CSCCCSC1C(=O)C[C@@H](O[Si](C)(C)C(C)(C)C)[C@@H]1C=CC(Cc1csc2ccccc12)O[Si](C)(C)C(C)(C)C. The highest BCUT2D eigenvalue weighted by Gasteiger charge is 2.47. The van der Waals surface area contributed by atoms with E-state index in [2.05, 4.69) is 110 Å². The van der Waals surface area contributed by atoms with E-state index in [1.54, 1.807) is 34.9 Å². The Morgan fingerprint density at radius 1 is 1.04 bits per heavy atom. The van der Waals surface area contributed by atoms with Gasteiger partial charge < -0.3 is 13.6 Å². The standard InChI is InChI=1S/C35H56O5S3Si2/c1-34(2,3)44(8,9)39-26(21-25-23-43-31-16-13-12-15-27(25)31)17-18-28-30(40-45(10,11)35(4,5)6)22-29(36)33(28)42-20-14-19-41-24-32(37)38-7/h12-13,15-18,23,26,28,30,33H,14,19-22,24H2,1-11H3/t26?,28-,30+,33?/m0/s1. The summed E-state index contributed by atoms with van der Waals surface area (Å²) >= 11 is 5.13. The summed E-state index contributed by atoms with van der Waals surface area (Å²) in [6.45, 7) is 22.8. The molecule has 1 aromatic carbocycles. The summed E-state index contributed by atoms with van der Waals surface area (Å²) in [7, 11) is -2.76. The molecule has 0 saturated heterocycles. The summed E-state index contributed by atoms with van der Waals surface area (Å²) in [6.07, 6.45) is 6.51. The van der Waals surface area contributed by atoms with Crippen molar-refractivity contribution in [3.05, 3.63) is 47.4 Å². The second-order valence-corrected chi connectivity index (χ2v) is 28.0. The number of thioether (sulfide) groups is 2. The fourth-order valence-corrected chi connectivity index (χ4v) is 10.8. The van der Waals surface area contributed by atoms with Crippen LogP contribution in [0.15, 0.2) is 41.8 Å². The average Bonchev–Trinajstić information content (AvgIpc) is 3.46. The van der Waals surface area contributed by atoms with Crippen molar-refractivity contribution >= 4 is 73.3 Å². The highest BCUT2D eigenvalue weighted by molar-refractivity contribution is 8.01. The molecular weight excluding hydrogens is 653 g/mol. The zero-order valence-corrected chi connectivity index (χ0v) is 33.8. The largest absolute Gasteiger partial charge is 0.468 e. The number of carbonyl (C=O) groups is 2. The van der Waals surface area contributed by atoms with Crippen LogP contribution in [0, 0.1) is 5.92 Å². The lowest BCUT2D eigenvalue weighted by Crippen LogP contribution is -2.45. The van der Waals surface area contributed by atoms with Gasteiger partial charge in [0, 0.05) is 23.5 Å². The third kappa shape index (κ3) is 10.5. The maximum Gasteiger partial charge on any atom is 0.315 e. The molecule has 3 rings (SSSR count). The molecule has 4 atom stereocenters. The summed E-state index contributed by atoms with van der Waals surface area (Å²) in [5.74, 6) is 2.18. The minimum Gasteiger partial charge on any atom is -0.468 e. The molecule has 2 unspecified atom stereocenters. The number of carbonyl (C=O) groups excluding carboxylic acids is 2. The fourth-order valence-electron chi connectivity index (χ4n) is 4.91. The van der Waals surface area contributed by atoms with Gasteiger partial charge in [-0.05, 0) is 76.6 Å². The van der Waals surface area contributed by atoms with Crippen molar-refractivity contribution in [2.24, 2.45) is 5.92 Å². The lowest BCUT2D eigenvalue weighted by molar-refractivity contribution is -0.137. The molecule has 5 nitrogen and oxygen atoms in total. The number of esters is 1. The molecule has 0 radical (unpaired) electrons. The summed E-state index contributed by atoms with van der Waals surface area (Å²) in [5, 5.41) is 3.57. The fraction of sp³-hybridized carbons (Fsp3) is 0.657. The number of Topliss-reactive ketones (excluding diaryl/α,β-unsaturated/α-hetero) is 1. The van der Waals surface area contributed by atoms with Gasteiger partial charge in [-0.15, -0.1) is 23.1 Å². The molecule has 1 heterocycles. The van der Waals surface area contributed by atoms with Gasteiger partial charge in [0.1, 0.15) is 5.78 Å². The Kier molecular flexibility index (Phi) is 13.7. The molecule has 0 aliphatic heterocycles. The number of benzene rings is 1. The first kappa shape index (κ1) is 38.6. The lowest BCUT2D eigenvalue weighted by Gasteiger charge is -2.40. The maximum atomic E-state index is 13.6. The molecule has 45 heavy (non-hydrogen) atoms. The van der Waals surface area contributed by atoms with Crippen molar-refractivity contribution in [2.75, 3.05) is 24.4 Å². The molecule has 1 aliphatic rings. The van der Waals surface area contributed by atoms with E-state index in [-0.39, 0.29) is 45.2 Å². The van der Waals surface area contributed by atoms with Crippen molar-refractivity contribution in [1.82, 2.24) is 0 Å². The number of hydrogen-bond donors (Lipinski definition) is 0. The molecule has 0 spiro atoms. The van der Waals surface area contributed by atoms with E-state index in [4.69, 9.17) is 13.6 Å². The first-order valence-corrected chi connectivity index (χ1v) is 25.0. The van der Waals surface area contributed by atoms with Crippen LogP contribution in [0.25, 0.3) is 10.1 Å². The monoisotopic (exact) mass is 708 g/mol. The van der Waals surface area contributed by atoms with Crippen LogP contribution in [0.2, 0.25) is 36.3 Å². The van der Waals surface area contributed by atoms with Crippen LogP contribution in [-0.4, -0.2) is 70.2 Å². The van der Waals surface area contributed by atoms with E-state index in [9.17, 15) is 9.59 Å². The van der Waals surface area contributed by atoms with Gasteiger partial charge in [0.2, 0.25) is 0 Å². The molecule has 1 aliphatic carbocycles. The van der Waals surface area contributed by atoms with E-state index in [0.717, 1.165) is 24.3 Å². The zero-order chi connectivity index (χ0) is 33.6. The van der Waals surface area contributed by atoms with Crippen LogP contribution in [-0.2, 0) is 29.6 Å². The van der Waals surface area contributed by atoms with Gasteiger partial charge in [0.25, 0.3) is 0 Å². The summed E-state index contributed by atoms with van der Waals surface area (Å²) in [6, 6.07) is 8.61. The van der Waals surface area contributed by atoms with Gasteiger partial charge in [-0.2, -0.15) is 11.8 Å². The first-order chi connectivity index (χ1) is 20.9. The number of ketones is 1. The molecule has 252 valence electrons. The molecule has 1 aromatic heterocycles. The highest BCUT2D eigenvalue weighted by atomic mass is 32.2. The quantitative estimate of drug-likeness (QED) is 0.0790. The van der Waals surface area contributed by atoms with Crippen LogP contribution >= 0.6 is 34.9 Å².